The molecular weight excluding hydrogens is 272 g/mol. The number of para-hydroxylation sites is 1. The first-order valence-corrected chi connectivity index (χ1v) is 6.67. The van der Waals surface area contributed by atoms with Gasteiger partial charge < -0.3 is 9.72 Å². The second kappa shape index (κ2) is 5.80. The fraction of sp³-hybridized carbons (Fsp3) is 0.0625. The van der Waals surface area contributed by atoms with Gasteiger partial charge in [0.15, 0.2) is 0 Å². The van der Waals surface area contributed by atoms with Crippen molar-refractivity contribution in [2.24, 2.45) is 0 Å². The molecule has 0 saturated carbocycles. The molecule has 0 fully saturated rings. The molecule has 3 rings (SSSR count). The number of aromatic amines is 1. The molecule has 0 bridgehead atoms. The topological polar surface area (TPSA) is 37.9 Å². The Morgan fingerprint density at radius 3 is 2.65 bits per heavy atom. The van der Waals surface area contributed by atoms with E-state index >= 15 is 0 Å². The van der Waals surface area contributed by atoms with Crippen LogP contribution in [-0.2, 0) is 6.61 Å². The molecule has 1 N–H and O–H groups in total. The van der Waals surface area contributed by atoms with Gasteiger partial charge in [-0.1, -0.05) is 41.9 Å². The van der Waals surface area contributed by atoms with Gasteiger partial charge in [-0.3, -0.25) is 0 Å². The minimum atomic E-state index is 0.432. The molecule has 1 aromatic heterocycles. The molecule has 0 aliphatic carbocycles. The van der Waals surface area contributed by atoms with E-state index in [2.05, 4.69) is 9.97 Å². The molecule has 0 amide bonds. The maximum atomic E-state index is 6.13. The Morgan fingerprint density at radius 1 is 1.05 bits per heavy atom. The van der Waals surface area contributed by atoms with E-state index in [1.54, 1.807) is 6.33 Å². The predicted molar refractivity (Wildman–Crippen MR) is 79.8 cm³/mol. The minimum absolute atomic E-state index is 0.432. The van der Waals surface area contributed by atoms with Crippen molar-refractivity contribution in [1.82, 2.24) is 9.97 Å². The molecule has 100 valence electrons. The molecule has 3 aromatic rings. The van der Waals surface area contributed by atoms with Crippen LogP contribution in [0.2, 0.25) is 5.02 Å². The number of halogens is 1. The maximum absolute atomic E-state index is 6.13. The number of benzene rings is 2. The van der Waals surface area contributed by atoms with Crippen molar-refractivity contribution in [2.45, 2.75) is 6.61 Å². The summed E-state index contributed by atoms with van der Waals surface area (Å²) in [5.41, 5.74) is 2.78. The fourth-order valence-corrected chi connectivity index (χ4v) is 2.17. The summed E-state index contributed by atoms with van der Waals surface area (Å²) in [6, 6.07) is 15.5. The molecule has 3 nitrogen and oxygen atoms in total. The third kappa shape index (κ3) is 2.68. The summed E-state index contributed by atoms with van der Waals surface area (Å²) < 4.78 is 5.89. The largest absolute Gasteiger partial charge is 0.488 e. The average molecular weight is 285 g/mol. The number of H-pyrrole nitrogens is 1. The monoisotopic (exact) mass is 284 g/mol. The number of hydrogen-bond donors (Lipinski definition) is 1. The third-order valence-corrected chi connectivity index (χ3v) is 3.37. The molecule has 0 aliphatic heterocycles. The van der Waals surface area contributed by atoms with Gasteiger partial charge in [-0.15, -0.1) is 0 Å². The molecule has 0 aliphatic rings. The van der Waals surface area contributed by atoms with E-state index in [9.17, 15) is 0 Å². The number of nitrogens with one attached hydrogen (secondary N) is 1. The molecule has 2 aromatic carbocycles. The van der Waals surface area contributed by atoms with Gasteiger partial charge in [0.1, 0.15) is 12.4 Å². The molecule has 0 spiro atoms. The number of aromatic nitrogens is 2. The lowest BCUT2D eigenvalue weighted by Gasteiger charge is -2.11. The van der Waals surface area contributed by atoms with E-state index < -0.39 is 0 Å². The summed E-state index contributed by atoms with van der Waals surface area (Å²) in [5.74, 6) is 0.791. The van der Waals surface area contributed by atoms with Crippen LogP contribution in [0.25, 0.3) is 11.3 Å². The fourth-order valence-electron chi connectivity index (χ4n) is 1.98. The Morgan fingerprint density at radius 2 is 1.85 bits per heavy atom. The van der Waals surface area contributed by atoms with Gasteiger partial charge >= 0.3 is 0 Å². The second-order valence-corrected chi connectivity index (χ2v) is 4.74. The van der Waals surface area contributed by atoms with Crippen molar-refractivity contribution in [2.75, 3.05) is 0 Å². The molecule has 0 unspecified atom stereocenters. The smallest absolute Gasteiger partial charge is 0.129 e. The van der Waals surface area contributed by atoms with Crippen LogP contribution in [0.15, 0.2) is 61.1 Å². The van der Waals surface area contributed by atoms with Crippen molar-refractivity contribution >= 4 is 11.6 Å². The Balaban J connectivity index is 1.84. The Hall–Kier alpha value is -2.26. The van der Waals surface area contributed by atoms with Crippen LogP contribution in [0.5, 0.6) is 5.75 Å². The zero-order valence-electron chi connectivity index (χ0n) is 10.7. The summed E-state index contributed by atoms with van der Waals surface area (Å²) in [5, 5.41) is 0.713. The number of rotatable bonds is 4. The van der Waals surface area contributed by atoms with E-state index in [4.69, 9.17) is 16.3 Å². The Kier molecular flexibility index (Phi) is 3.70. The summed E-state index contributed by atoms with van der Waals surface area (Å²) in [7, 11) is 0. The lowest BCUT2D eigenvalue weighted by Crippen LogP contribution is -1.97. The Bertz CT molecular complexity index is 695. The maximum Gasteiger partial charge on any atom is 0.129 e. The van der Waals surface area contributed by atoms with Crippen LogP contribution in [0.3, 0.4) is 0 Å². The van der Waals surface area contributed by atoms with Gasteiger partial charge in [-0.2, -0.15) is 0 Å². The van der Waals surface area contributed by atoms with Crippen LogP contribution in [0, 0.1) is 0 Å². The first kappa shape index (κ1) is 12.8. The van der Waals surface area contributed by atoms with Gasteiger partial charge in [-0.05, 0) is 18.2 Å². The summed E-state index contributed by atoms with van der Waals surface area (Å²) in [6.45, 7) is 0.432. The number of imidazole rings is 1. The lowest BCUT2D eigenvalue weighted by molar-refractivity contribution is 0.307. The SMILES string of the molecule is Clc1ccccc1COc1ccccc1-c1c[nH]cn1. The summed E-state index contributed by atoms with van der Waals surface area (Å²) in [4.78, 5) is 7.21. The Labute approximate surface area is 122 Å². The van der Waals surface area contributed by atoms with E-state index in [-0.39, 0.29) is 0 Å². The van der Waals surface area contributed by atoms with Crippen LogP contribution >= 0.6 is 11.6 Å². The molecule has 4 heteroatoms. The molecule has 1 heterocycles. The van der Waals surface area contributed by atoms with Crippen molar-refractivity contribution < 1.29 is 4.74 Å². The van der Waals surface area contributed by atoms with Crippen LogP contribution in [-0.4, -0.2) is 9.97 Å². The molecule has 0 saturated heterocycles. The number of nitrogens with zero attached hydrogens (tertiary/aromatic N) is 1. The van der Waals surface area contributed by atoms with E-state index in [0.717, 1.165) is 22.6 Å². The third-order valence-electron chi connectivity index (χ3n) is 3.00. The highest BCUT2D eigenvalue weighted by Gasteiger charge is 2.08. The van der Waals surface area contributed by atoms with Crippen LogP contribution < -0.4 is 4.74 Å². The predicted octanol–water partition coefficient (Wildman–Crippen LogP) is 4.31. The van der Waals surface area contributed by atoms with Crippen molar-refractivity contribution in [3.05, 3.63) is 71.6 Å². The number of ether oxygens (including phenoxy) is 1. The molecule has 0 radical (unpaired) electrons. The first-order valence-electron chi connectivity index (χ1n) is 6.29. The highest BCUT2D eigenvalue weighted by Crippen LogP contribution is 2.29. The second-order valence-electron chi connectivity index (χ2n) is 4.33. The highest BCUT2D eigenvalue weighted by molar-refractivity contribution is 6.31. The summed E-state index contributed by atoms with van der Waals surface area (Å²) in [6.07, 6.45) is 3.50. The highest BCUT2D eigenvalue weighted by atomic mass is 35.5. The van der Waals surface area contributed by atoms with Gasteiger partial charge in [0, 0.05) is 22.3 Å². The molecular formula is C16H13ClN2O. The lowest BCUT2D eigenvalue weighted by atomic mass is 10.1. The normalized spacial score (nSPS) is 10.4. The van der Waals surface area contributed by atoms with Gasteiger partial charge in [0.2, 0.25) is 0 Å². The van der Waals surface area contributed by atoms with Crippen molar-refractivity contribution in [1.29, 1.82) is 0 Å². The van der Waals surface area contributed by atoms with Crippen molar-refractivity contribution in [3.8, 4) is 17.0 Å². The number of hydrogen-bond acceptors (Lipinski definition) is 2. The molecule has 20 heavy (non-hydrogen) atoms. The van der Waals surface area contributed by atoms with Crippen molar-refractivity contribution in [3.63, 3.8) is 0 Å². The van der Waals surface area contributed by atoms with Gasteiger partial charge in [0.05, 0.1) is 12.0 Å². The summed E-state index contributed by atoms with van der Waals surface area (Å²) >= 11 is 6.13. The zero-order chi connectivity index (χ0) is 13.8. The average Bonchev–Trinajstić information content (AvgIpc) is 3.01. The van der Waals surface area contributed by atoms with Crippen LogP contribution in [0.1, 0.15) is 5.56 Å². The molecule has 0 atom stereocenters. The first-order chi connectivity index (χ1) is 9.84. The zero-order valence-corrected chi connectivity index (χ0v) is 11.5. The van der Waals surface area contributed by atoms with Gasteiger partial charge in [-0.25, -0.2) is 4.98 Å². The quantitative estimate of drug-likeness (QED) is 0.775. The minimum Gasteiger partial charge on any atom is -0.488 e. The van der Waals surface area contributed by atoms with E-state index in [0.29, 0.717) is 11.6 Å². The van der Waals surface area contributed by atoms with Crippen LogP contribution in [0.4, 0.5) is 0 Å². The standard InChI is InChI=1S/C16H13ClN2O/c17-14-7-3-1-5-12(14)10-20-16-8-4-2-6-13(16)15-9-18-11-19-15/h1-9,11H,10H2,(H,18,19). The van der Waals surface area contributed by atoms with Gasteiger partial charge in [0.25, 0.3) is 0 Å². The van der Waals surface area contributed by atoms with E-state index in [1.165, 1.54) is 0 Å². The van der Waals surface area contributed by atoms with E-state index in [1.807, 2.05) is 54.7 Å².